The number of nitrogens with one attached hydrogen (secondary N) is 1. The number of aromatic hydroxyl groups is 1. The number of hydrogen-bond donors (Lipinski definition) is 6. The largest absolute Gasteiger partial charge is 0.493 e. The summed E-state index contributed by atoms with van der Waals surface area (Å²) < 4.78 is 192. The molecule has 0 aliphatic carbocycles. The van der Waals surface area contributed by atoms with Crippen molar-refractivity contribution in [2.45, 2.75) is 55.2 Å². The van der Waals surface area contributed by atoms with E-state index in [2.05, 4.69) is 52.0 Å². The Hall–Kier alpha value is -8.21. The number of aryl methyl sites for hydroxylation is 2. The number of thiazole rings is 1. The van der Waals surface area contributed by atoms with Crippen LogP contribution in [0.3, 0.4) is 0 Å². The third-order valence-corrected chi connectivity index (χ3v) is 16.8. The Kier molecular flexibility index (Phi) is 21.4. The first-order valence-electron chi connectivity index (χ1n) is 23.5. The number of fused-ring (bicyclic) bond motifs is 6. The summed E-state index contributed by atoms with van der Waals surface area (Å²) in [5, 5.41) is 51.1. The second kappa shape index (κ2) is 27.4. The lowest BCUT2D eigenvalue weighted by molar-refractivity contribution is -0.114. The van der Waals surface area contributed by atoms with E-state index in [9.17, 15) is 67.0 Å². The lowest BCUT2D eigenvalue weighted by Gasteiger charge is -2.12. The number of carbonyl (C=O) groups excluding carboxylic acids is 1. The van der Waals surface area contributed by atoms with Gasteiger partial charge in [-0.05, 0) is 104 Å². The molecule has 0 unspecified atom stereocenters. The number of benzene rings is 5. The number of nitrogens with zero attached hydrogens (tertiary/aromatic N) is 10. The molecule has 86 heavy (non-hydrogen) atoms. The van der Waals surface area contributed by atoms with Crippen LogP contribution in [0.4, 0.5) is 39.3 Å². The number of thioether (sulfide) groups is 1. The molecule has 0 spiro atoms. The van der Waals surface area contributed by atoms with Gasteiger partial charge in [0, 0.05) is 28.8 Å². The number of para-hydroxylation sites is 1. The molecule has 3 aromatic heterocycles. The molecule has 40 heteroatoms. The Labute approximate surface area is 497 Å². The van der Waals surface area contributed by atoms with Crippen LogP contribution in [0.1, 0.15) is 42.0 Å². The lowest BCUT2D eigenvalue weighted by atomic mass is 10.1. The molecule has 5 aromatic carbocycles. The second-order valence-corrected chi connectivity index (χ2v) is 26.4. The molecule has 0 bridgehead atoms. The third kappa shape index (κ3) is 17.5. The molecule has 0 aliphatic heterocycles. The molecule has 8 rings (SSSR count). The van der Waals surface area contributed by atoms with Gasteiger partial charge in [0.2, 0.25) is 16.9 Å². The third-order valence-electron chi connectivity index (χ3n) is 11.4. The number of rotatable bonds is 19. The van der Waals surface area contributed by atoms with E-state index in [4.69, 9.17) is 30.0 Å². The Bertz CT molecular complexity index is 4900. The van der Waals surface area contributed by atoms with Crippen molar-refractivity contribution in [3.8, 4) is 17.7 Å². The zero-order valence-electron chi connectivity index (χ0n) is 44.1. The molecule has 0 atom stereocenters. The fourth-order valence-corrected chi connectivity index (χ4v) is 12.1. The van der Waals surface area contributed by atoms with Crippen LogP contribution in [0.5, 0.6) is 11.6 Å². The number of nitriles is 1. The smallest absolute Gasteiger partial charge is 0.425 e. The van der Waals surface area contributed by atoms with Crippen molar-refractivity contribution in [1.29, 1.82) is 5.26 Å². The highest BCUT2D eigenvalue weighted by atomic mass is 32.2. The Morgan fingerprint density at radius 1 is 0.733 bits per heavy atom. The number of imidazole rings is 1. The van der Waals surface area contributed by atoms with Gasteiger partial charge in [-0.3, -0.25) is 27.4 Å². The molecule has 0 saturated carbocycles. The number of hydrogen-bond acceptors (Lipinski definition) is 28. The van der Waals surface area contributed by atoms with Crippen LogP contribution in [-0.2, 0) is 66.5 Å². The molecule has 0 fully saturated rings. The Balaban J connectivity index is 0.00000139. The summed E-state index contributed by atoms with van der Waals surface area (Å²) in [6.45, 7) is 5.90. The fourth-order valence-electron chi connectivity index (χ4n) is 7.79. The SMILES string of the molecule is CC(=O)Nc1cccc2c1nc1c(C#N)c(C)c(N=Nc3cc(C)c(N=Nc4cc(C)c(N=Nc5nc6c(S(=O)(=O)O)cc7ccc(S(=O)(=O)O)cc7c6s5)cc4SCCCS(=O)(=O)O)cc3OCCCS(=O)(=O)O)c(O)n12.O=S(=O)=O.O=S(=O)=O. The topological polar surface area (TPSA) is 507 Å². The van der Waals surface area contributed by atoms with Crippen molar-refractivity contribution in [2.24, 2.45) is 30.7 Å². The predicted octanol–water partition coefficient (Wildman–Crippen LogP) is 8.47. The predicted molar refractivity (Wildman–Crippen MR) is 307 cm³/mol. The fraction of sp³-hybridized carbons (Fsp3) is 0.217. The van der Waals surface area contributed by atoms with Gasteiger partial charge in [-0.15, -0.1) is 62.6 Å². The van der Waals surface area contributed by atoms with Crippen molar-refractivity contribution < 1.29 is 91.8 Å². The van der Waals surface area contributed by atoms with Gasteiger partial charge in [0.1, 0.15) is 39.0 Å². The van der Waals surface area contributed by atoms with Crippen LogP contribution >= 0.6 is 23.1 Å². The molecule has 3 heterocycles. The van der Waals surface area contributed by atoms with Gasteiger partial charge in [0.15, 0.2) is 11.3 Å². The molecular weight excluding hydrogens is 1300 g/mol. The molecule has 454 valence electrons. The minimum Gasteiger partial charge on any atom is -0.493 e. The first kappa shape index (κ1) is 66.9. The minimum atomic E-state index is -4.87. The van der Waals surface area contributed by atoms with Gasteiger partial charge in [0.25, 0.3) is 40.5 Å². The zero-order chi connectivity index (χ0) is 63.8. The summed E-state index contributed by atoms with van der Waals surface area (Å²) in [5.74, 6) is -1.87. The number of ether oxygens (including phenoxy) is 1. The van der Waals surface area contributed by atoms with Crippen molar-refractivity contribution in [2.75, 3.05) is 29.2 Å². The highest BCUT2D eigenvalue weighted by Crippen LogP contribution is 2.44. The molecule has 6 N–H and O–H groups in total. The average Bonchev–Trinajstić information content (AvgIpc) is 1.61. The number of pyridine rings is 1. The normalized spacial score (nSPS) is 12.2. The van der Waals surface area contributed by atoms with E-state index in [-0.39, 0.29) is 114 Å². The highest BCUT2D eigenvalue weighted by molar-refractivity contribution is 7.99. The van der Waals surface area contributed by atoms with Crippen LogP contribution in [-0.4, -0.2) is 126 Å². The quantitative estimate of drug-likeness (QED) is 0.0191. The van der Waals surface area contributed by atoms with Gasteiger partial charge in [0.05, 0.1) is 56.0 Å². The van der Waals surface area contributed by atoms with Crippen LogP contribution < -0.4 is 10.1 Å². The van der Waals surface area contributed by atoms with E-state index in [0.717, 1.165) is 41.3 Å². The second-order valence-electron chi connectivity index (χ2n) is 17.5. The summed E-state index contributed by atoms with van der Waals surface area (Å²) in [6, 6.07) is 17.5. The van der Waals surface area contributed by atoms with Gasteiger partial charge < -0.3 is 15.2 Å². The molecule has 0 saturated heterocycles. The Morgan fingerprint density at radius 2 is 1.33 bits per heavy atom. The van der Waals surface area contributed by atoms with E-state index in [0.29, 0.717) is 27.2 Å². The summed E-state index contributed by atoms with van der Waals surface area (Å²) in [6.07, 6.45) is -0.147. The maximum absolute atomic E-state index is 12.5. The number of amides is 1. The van der Waals surface area contributed by atoms with E-state index in [1.165, 1.54) is 36.4 Å². The molecule has 32 nitrogen and oxygen atoms in total. The maximum atomic E-state index is 12.5. The van der Waals surface area contributed by atoms with Gasteiger partial charge in [-0.1, -0.05) is 23.5 Å². The minimum absolute atomic E-state index is 0.00225. The lowest BCUT2D eigenvalue weighted by Crippen LogP contribution is -2.08. The van der Waals surface area contributed by atoms with E-state index < -0.39 is 88.9 Å². The molecular formula is C46H41N11O21S8. The number of azo groups is 3. The highest BCUT2D eigenvalue weighted by Gasteiger charge is 2.25. The standard InChI is InChI=1S/C46H41N11O15S6.2O3S/c1-23-16-34(53-55-40-25(3)30(22-47)44-49-41-31(48-26(4)58)8-5-9-36(41)57(44)45(40)59)37(72-12-6-14-75(60,61)62)20-32(23)51-54-35-17-24(2)33(21-38(35)73-13-7-15-76(63,64)65)52-56-46-50-42-39(78(69,70)71)18-27-10-11-28(77(66,67)68)19-29(27)43(42)74-46;2*1-4(2)3/h5,8-11,16-21,59H,6-7,12-15H2,1-4H3,(H,48,58)(H,60,61,62)(H,63,64,65)(H,66,67,68)(H,69,70,71);;. The molecule has 0 radical (unpaired) electrons. The number of carbonyl (C=O) groups is 1. The van der Waals surface area contributed by atoms with Crippen LogP contribution in [0.2, 0.25) is 0 Å². The van der Waals surface area contributed by atoms with Crippen LogP contribution in [0, 0.1) is 32.1 Å². The zero-order valence-corrected chi connectivity index (χ0v) is 50.6. The molecule has 1 amide bonds. The van der Waals surface area contributed by atoms with Crippen LogP contribution in [0.15, 0.2) is 112 Å². The summed E-state index contributed by atoms with van der Waals surface area (Å²) in [7, 11) is -24.4. The van der Waals surface area contributed by atoms with Gasteiger partial charge in [-0.2, -0.15) is 44.0 Å². The number of anilines is 1. The summed E-state index contributed by atoms with van der Waals surface area (Å²) in [4.78, 5) is 20.1. The average molecular weight is 1340 g/mol. The maximum Gasteiger partial charge on any atom is 0.425 e. The van der Waals surface area contributed by atoms with Crippen molar-refractivity contribution in [3.05, 3.63) is 89.0 Å². The van der Waals surface area contributed by atoms with Crippen molar-refractivity contribution in [3.63, 3.8) is 0 Å². The van der Waals surface area contributed by atoms with E-state index in [1.807, 2.05) is 0 Å². The van der Waals surface area contributed by atoms with Gasteiger partial charge >= 0.3 is 21.2 Å². The Morgan fingerprint density at radius 3 is 1.93 bits per heavy atom. The molecule has 8 aromatic rings. The van der Waals surface area contributed by atoms with E-state index >= 15 is 0 Å². The van der Waals surface area contributed by atoms with Crippen LogP contribution in [0.25, 0.3) is 37.7 Å². The van der Waals surface area contributed by atoms with E-state index in [1.54, 1.807) is 44.2 Å². The van der Waals surface area contributed by atoms with Crippen molar-refractivity contribution in [1.82, 2.24) is 14.4 Å². The van der Waals surface area contributed by atoms with Crippen molar-refractivity contribution >= 4 is 168 Å². The monoisotopic (exact) mass is 1340 g/mol. The first-order chi connectivity index (χ1) is 40.1. The summed E-state index contributed by atoms with van der Waals surface area (Å²) in [5.41, 5.74) is 2.54. The number of aromatic nitrogens is 3. The molecule has 0 aliphatic rings. The first-order valence-corrected chi connectivity index (χ1v) is 33.4. The summed E-state index contributed by atoms with van der Waals surface area (Å²) >= 11 is 1.94. The van der Waals surface area contributed by atoms with Gasteiger partial charge in [-0.25, -0.2) is 9.97 Å².